The molecular weight excluding hydrogens is 229 g/mol. The molecule has 0 heterocycles. The zero-order valence-corrected chi connectivity index (χ0v) is 10.3. The summed E-state index contributed by atoms with van der Waals surface area (Å²) in [5, 5.41) is 0. The number of aryl methyl sites for hydroxylation is 2. The minimum absolute atomic E-state index is 0.115. The second-order valence-corrected chi connectivity index (χ2v) is 4.37. The summed E-state index contributed by atoms with van der Waals surface area (Å²) < 4.78 is 13.2. The second-order valence-electron chi connectivity index (χ2n) is 4.37. The van der Waals surface area contributed by atoms with Gasteiger partial charge in [0.2, 0.25) is 0 Å². The van der Waals surface area contributed by atoms with Gasteiger partial charge in [-0.05, 0) is 61.4 Å². The van der Waals surface area contributed by atoms with E-state index in [1.54, 1.807) is 31.2 Å². The third kappa shape index (κ3) is 2.25. The minimum Gasteiger partial charge on any atom is -0.399 e. The monoisotopic (exact) mass is 243 g/mol. The lowest BCUT2D eigenvalue weighted by atomic mass is 9.97. The molecule has 92 valence electrons. The number of hydrogen-bond donors (Lipinski definition) is 1. The average molecular weight is 243 g/mol. The van der Waals surface area contributed by atoms with Crippen molar-refractivity contribution in [2.45, 2.75) is 13.8 Å². The van der Waals surface area contributed by atoms with Crippen LogP contribution in [-0.2, 0) is 0 Å². The highest BCUT2D eigenvalue weighted by molar-refractivity contribution is 6.10. The van der Waals surface area contributed by atoms with Crippen LogP contribution < -0.4 is 5.73 Å². The number of benzene rings is 2. The van der Waals surface area contributed by atoms with Crippen molar-refractivity contribution in [2.24, 2.45) is 0 Å². The fourth-order valence-corrected chi connectivity index (χ4v) is 1.88. The molecule has 2 rings (SSSR count). The highest BCUT2D eigenvalue weighted by Crippen LogP contribution is 2.18. The largest absolute Gasteiger partial charge is 0.399 e. The number of nitrogen functional groups attached to an aromatic ring is 1. The molecule has 2 aromatic rings. The van der Waals surface area contributed by atoms with Crippen molar-refractivity contribution < 1.29 is 9.18 Å². The Bertz CT molecular complexity index is 620. The van der Waals surface area contributed by atoms with Crippen LogP contribution in [0.25, 0.3) is 0 Å². The first-order valence-corrected chi connectivity index (χ1v) is 5.66. The van der Waals surface area contributed by atoms with Gasteiger partial charge in [-0.1, -0.05) is 0 Å². The second kappa shape index (κ2) is 4.61. The minimum atomic E-state index is -0.305. The Morgan fingerprint density at radius 1 is 1.06 bits per heavy atom. The zero-order valence-electron chi connectivity index (χ0n) is 10.3. The lowest BCUT2D eigenvalue weighted by Crippen LogP contribution is -2.05. The van der Waals surface area contributed by atoms with Crippen LogP contribution in [0, 0.1) is 19.7 Å². The number of anilines is 1. The van der Waals surface area contributed by atoms with Gasteiger partial charge in [-0.15, -0.1) is 0 Å². The predicted octanol–water partition coefficient (Wildman–Crippen LogP) is 3.26. The standard InChI is InChI=1S/C15H14FNO/c1-9-8-12(17)4-5-13(9)15(18)11-3-6-14(16)10(2)7-11/h3-8H,17H2,1-2H3. The number of nitrogens with two attached hydrogens (primary N) is 1. The van der Waals surface area contributed by atoms with Gasteiger partial charge in [-0.25, -0.2) is 4.39 Å². The molecule has 2 aromatic carbocycles. The first-order chi connectivity index (χ1) is 8.49. The number of hydrogen-bond acceptors (Lipinski definition) is 2. The van der Waals surface area contributed by atoms with Gasteiger partial charge in [0.25, 0.3) is 0 Å². The molecule has 0 aromatic heterocycles. The molecule has 3 heteroatoms. The fourth-order valence-electron chi connectivity index (χ4n) is 1.88. The number of ketones is 1. The summed E-state index contributed by atoms with van der Waals surface area (Å²) in [4.78, 5) is 12.3. The SMILES string of the molecule is Cc1cc(C(=O)c2ccc(N)cc2C)ccc1F. The van der Waals surface area contributed by atoms with Crippen molar-refractivity contribution in [2.75, 3.05) is 5.73 Å². The van der Waals surface area contributed by atoms with E-state index in [0.717, 1.165) is 5.56 Å². The topological polar surface area (TPSA) is 43.1 Å². The van der Waals surface area contributed by atoms with E-state index in [9.17, 15) is 9.18 Å². The molecule has 18 heavy (non-hydrogen) atoms. The summed E-state index contributed by atoms with van der Waals surface area (Å²) in [5.41, 5.74) is 8.64. The first-order valence-electron chi connectivity index (χ1n) is 5.66. The molecule has 2 N–H and O–H groups in total. The molecule has 0 saturated carbocycles. The number of rotatable bonds is 2. The summed E-state index contributed by atoms with van der Waals surface area (Å²) in [7, 11) is 0. The molecule has 2 nitrogen and oxygen atoms in total. The van der Waals surface area contributed by atoms with Gasteiger partial charge in [0, 0.05) is 16.8 Å². The fraction of sp³-hybridized carbons (Fsp3) is 0.133. The Kier molecular flexibility index (Phi) is 3.15. The van der Waals surface area contributed by atoms with E-state index in [4.69, 9.17) is 5.73 Å². The van der Waals surface area contributed by atoms with Crippen LogP contribution in [0.2, 0.25) is 0 Å². The molecule has 0 aliphatic carbocycles. The van der Waals surface area contributed by atoms with E-state index in [1.165, 1.54) is 12.1 Å². The molecular formula is C15H14FNO. The van der Waals surface area contributed by atoms with E-state index < -0.39 is 0 Å². The van der Waals surface area contributed by atoms with Crippen LogP contribution >= 0.6 is 0 Å². The van der Waals surface area contributed by atoms with Gasteiger partial charge in [0.15, 0.2) is 5.78 Å². The Labute approximate surface area is 105 Å². The summed E-state index contributed by atoms with van der Waals surface area (Å²) in [6, 6.07) is 9.52. The summed E-state index contributed by atoms with van der Waals surface area (Å²) in [6.45, 7) is 3.47. The van der Waals surface area contributed by atoms with Crippen molar-refractivity contribution in [1.82, 2.24) is 0 Å². The van der Waals surface area contributed by atoms with Gasteiger partial charge < -0.3 is 5.73 Å². The Balaban J connectivity index is 2.44. The number of carbonyl (C=O) groups is 1. The highest BCUT2D eigenvalue weighted by Gasteiger charge is 2.12. The van der Waals surface area contributed by atoms with Crippen LogP contribution in [0.5, 0.6) is 0 Å². The first kappa shape index (κ1) is 12.3. The lowest BCUT2D eigenvalue weighted by Gasteiger charge is -2.07. The molecule has 0 bridgehead atoms. The van der Waals surface area contributed by atoms with Gasteiger partial charge in [0.1, 0.15) is 5.82 Å². The van der Waals surface area contributed by atoms with Crippen LogP contribution in [-0.4, -0.2) is 5.78 Å². The summed E-state index contributed by atoms with van der Waals surface area (Å²) in [5.74, 6) is -0.420. The molecule has 0 radical (unpaired) electrons. The molecule has 0 fully saturated rings. The maximum absolute atomic E-state index is 13.2. The quantitative estimate of drug-likeness (QED) is 0.650. The Morgan fingerprint density at radius 2 is 1.78 bits per heavy atom. The van der Waals surface area contributed by atoms with Crippen molar-refractivity contribution in [3.8, 4) is 0 Å². The van der Waals surface area contributed by atoms with Crippen molar-refractivity contribution in [3.05, 3.63) is 64.5 Å². The highest BCUT2D eigenvalue weighted by atomic mass is 19.1. The van der Waals surface area contributed by atoms with Gasteiger partial charge in [-0.2, -0.15) is 0 Å². The smallest absolute Gasteiger partial charge is 0.193 e. The van der Waals surface area contributed by atoms with Gasteiger partial charge in [0.05, 0.1) is 0 Å². The third-order valence-electron chi connectivity index (χ3n) is 2.92. The normalized spacial score (nSPS) is 10.4. The molecule has 0 aliphatic heterocycles. The van der Waals surface area contributed by atoms with Crippen LogP contribution in [0.15, 0.2) is 36.4 Å². The van der Waals surface area contributed by atoms with E-state index in [1.807, 2.05) is 6.92 Å². The molecule has 0 aliphatic rings. The van der Waals surface area contributed by atoms with E-state index in [0.29, 0.717) is 22.4 Å². The maximum Gasteiger partial charge on any atom is 0.193 e. The molecule has 0 atom stereocenters. The number of carbonyl (C=O) groups excluding carboxylic acids is 1. The predicted molar refractivity (Wildman–Crippen MR) is 70.2 cm³/mol. The maximum atomic E-state index is 13.2. The van der Waals surface area contributed by atoms with Crippen molar-refractivity contribution in [1.29, 1.82) is 0 Å². The van der Waals surface area contributed by atoms with Crippen LogP contribution in [0.1, 0.15) is 27.0 Å². The Morgan fingerprint density at radius 3 is 2.39 bits per heavy atom. The van der Waals surface area contributed by atoms with E-state index in [-0.39, 0.29) is 11.6 Å². The molecule has 0 saturated heterocycles. The van der Waals surface area contributed by atoms with Crippen molar-refractivity contribution >= 4 is 11.5 Å². The van der Waals surface area contributed by atoms with Crippen molar-refractivity contribution in [3.63, 3.8) is 0 Å². The average Bonchev–Trinajstić information content (AvgIpc) is 2.32. The Hall–Kier alpha value is -2.16. The van der Waals surface area contributed by atoms with Crippen LogP contribution in [0.4, 0.5) is 10.1 Å². The van der Waals surface area contributed by atoms with Gasteiger partial charge in [-0.3, -0.25) is 4.79 Å². The summed E-state index contributed by atoms with van der Waals surface area (Å²) >= 11 is 0. The molecule has 0 spiro atoms. The van der Waals surface area contributed by atoms with Crippen LogP contribution in [0.3, 0.4) is 0 Å². The third-order valence-corrected chi connectivity index (χ3v) is 2.92. The number of halogens is 1. The van der Waals surface area contributed by atoms with Gasteiger partial charge >= 0.3 is 0 Å². The molecule has 0 unspecified atom stereocenters. The lowest BCUT2D eigenvalue weighted by molar-refractivity contribution is 0.103. The zero-order chi connectivity index (χ0) is 13.3. The summed E-state index contributed by atoms with van der Waals surface area (Å²) in [6.07, 6.45) is 0. The van der Waals surface area contributed by atoms with E-state index >= 15 is 0 Å². The molecule has 0 amide bonds. The van der Waals surface area contributed by atoms with E-state index in [2.05, 4.69) is 0 Å².